The van der Waals surface area contributed by atoms with Gasteiger partial charge in [0.15, 0.2) is 11.5 Å². The quantitative estimate of drug-likeness (QED) is 0.688. The molecule has 0 saturated heterocycles. The van der Waals surface area contributed by atoms with Gasteiger partial charge in [0, 0.05) is 13.1 Å². The van der Waals surface area contributed by atoms with Gasteiger partial charge in [-0.2, -0.15) is 18.0 Å². The van der Waals surface area contributed by atoms with Crippen molar-refractivity contribution in [3.05, 3.63) is 11.8 Å². The molecule has 0 atom stereocenters. The van der Waals surface area contributed by atoms with Gasteiger partial charge in [0.25, 0.3) is 0 Å². The number of alkyl halides is 3. The van der Waals surface area contributed by atoms with E-state index in [9.17, 15) is 18.0 Å². The fourth-order valence-corrected chi connectivity index (χ4v) is 0.872. The Morgan fingerprint density at radius 1 is 1.67 bits per heavy atom. The highest BCUT2D eigenvalue weighted by atomic mass is 19.4. The van der Waals surface area contributed by atoms with E-state index in [2.05, 4.69) is 5.10 Å². The van der Waals surface area contributed by atoms with Crippen LogP contribution >= 0.6 is 0 Å². The molecule has 0 fully saturated rings. The third-order valence-corrected chi connectivity index (χ3v) is 1.64. The van der Waals surface area contributed by atoms with E-state index < -0.39 is 18.0 Å². The van der Waals surface area contributed by atoms with Crippen molar-refractivity contribution in [3.8, 4) is 0 Å². The molecule has 1 aromatic rings. The second kappa shape index (κ2) is 3.33. The molecule has 9 heteroatoms. The Kier molecular flexibility index (Phi) is 2.48. The first-order valence-corrected chi connectivity index (χ1v) is 3.62. The Bertz CT molecular complexity index is 386. The molecule has 0 spiro atoms. The van der Waals surface area contributed by atoms with Gasteiger partial charge in [-0.25, -0.2) is 4.79 Å². The van der Waals surface area contributed by atoms with Crippen molar-refractivity contribution < 1.29 is 23.1 Å². The number of nitrogen functional groups attached to an aromatic ring is 1. The molecule has 0 bridgehead atoms. The molecule has 1 aromatic heterocycles. The van der Waals surface area contributed by atoms with E-state index >= 15 is 0 Å². The van der Waals surface area contributed by atoms with Crippen LogP contribution in [0.2, 0.25) is 0 Å². The summed E-state index contributed by atoms with van der Waals surface area (Å²) in [6.07, 6.45) is -6.09. The number of rotatable bonds is 1. The third kappa shape index (κ3) is 2.11. The predicted molar refractivity (Wildman–Crippen MR) is 43.8 cm³/mol. The average Bonchev–Trinajstić information content (AvgIpc) is 2.45. The third-order valence-electron chi connectivity index (χ3n) is 1.64. The molecule has 6 nitrogen and oxygen atoms in total. The molecule has 1 rings (SSSR count). The lowest BCUT2D eigenvalue weighted by molar-refractivity contribution is -0.141. The van der Waals surface area contributed by atoms with Crippen LogP contribution in [-0.2, 0) is 6.18 Å². The summed E-state index contributed by atoms with van der Waals surface area (Å²) in [4.78, 5) is 11.3. The standard InChI is InChI=1S/C6H7F3N4O2/c1-12(5(14)15)4-2-3(6(7,8)9)11-13(4)10/h2H,10H2,1H3,(H,14,15). The number of nitrogens with zero attached hydrogens (tertiary/aromatic N) is 3. The molecule has 0 aliphatic carbocycles. The number of anilines is 1. The van der Waals surface area contributed by atoms with E-state index in [4.69, 9.17) is 10.9 Å². The van der Waals surface area contributed by atoms with Gasteiger partial charge in [-0.05, 0) is 0 Å². The summed E-state index contributed by atoms with van der Waals surface area (Å²) < 4.78 is 36.4. The number of nitrogens with two attached hydrogens (primary N) is 1. The first kappa shape index (κ1) is 11.1. The van der Waals surface area contributed by atoms with Crippen LogP contribution in [0.1, 0.15) is 5.69 Å². The van der Waals surface area contributed by atoms with Gasteiger partial charge in [0.2, 0.25) is 0 Å². The predicted octanol–water partition coefficient (Wildman–Crippen LogP) is 0.730. The van der Waals surface area contributed by atoms with Crippen molar-refractivity contribution in [2.24, 2.45) is 0 Å². The maximum atomic E-state index is 12.1. The normalized spacial score (nSPS) is 11.5. The highest BCUT2D eigenvalue weighted by Crippen LogP contribution is 2.30. The number of aromatic nitrogens is 2. The fourth-order valence-electron chi connectivity index (χ4n) is 0.872. The monoisotopic (exact) mass is 224 g/mol. The Hall–Kier alpha value is -1.93. The lowest BCUT2D eigenvalue weighted by Crippen LogP contribution is -2.28. The van der Waals surface area contributed by atoms with Gasteiger partial charge in [0.1, 0.15) is 0 Å². The van der Waals surface area contributed by atoms with Crippen LogP contribution in [0.4, 0.5) is 23.8 Å². The molecule has 0 unspecified atom stereocenters. The summed E-state index contributed by atoms with van der Waals surface area (Å²) >= 11 is 0. The van der Waals surface area contributed by atoms with Crippen LogP contribution in [0.5, 0.6) is 0 Å². The minimum atomic E-state index is -4.65. The Labute approximate surface area is 81.7 Å². The molecular formula is C6H7F3N4O2. The first-order valence-electron chi connectivity index (χ1n) is 3.62. The van der Waals surface area contributed by atoms with E-state index in [-0.39, 0.29) is 5.82 Å². The second-order valence-electron chi connectivity index (χ2n) is 2.67. The SMILES string of the molecule is CN(C(=O)O)c1cc(C(F)(F)F)nn1N. The average molecular weight is 224 g/mol. The summed E-state index contributed by atoms with van der Waals surface area (Å²) in [5.74, 6) is 4.71. The number of amides is 1. The molecule has 0 radical (unpaired) electrons. The molecule has 1 amide bonds. The van der Waals surface area contributed by atoms with Gasteiger partial charge < -0.3 is 10.9 Å². The summed E-state index contributed by atoms with van der Waals surface area (Å²) in [5.41, 5.74) is -1.24. The molecular weight excluding hydrogens is 217 g/mol. The highest BCUT2D eigenvalue weighted by molar-refractivity contribution is 5.84. The number of hydrogen-bond donors (Lipinski definition) is 2. The number of halogens is 3. The summed E-state index contributed by atoms with van der Waals surface area (Å²) in [5, 5.41) is 11.5. The maximum Gasteiger partial charge on any atom is 0.435 e. The maximum absolute atomic E-state index is 12.1. The topological polar surface area (TPSA) is 84.4 Å². The molecule has 15 heavy (non-hydrogen) atoms. The minimum Gasteiger partial charge on any atom is -0.465 e. The summed E-state index contributed by atoms with van der Waals surface area (Å²) in [6.45, 7) is 0. The zero-order valence-corrected chi connectivity index (χ0v) is 7.49. The first-order chi connectivity index (χ1) is 6.73. The van der Waals surface area contributed by atoms with E-state index in [1.807, 2.05) is 0 Å². The molecule has 0 aromatic carbocycles. The largest absolute Gasteiger partial charge is 0.465 e. The molecule has 1 heterocycles. The van der Waals surface area contributed by atoms with Crippen LogP contribution in [0, 0.1) is 0 Å². The minimum absolute atomic E-state index is 0.358. The van der Waals surface area contributed by atoms with Gasteiger partial charge in [-0.15, -0.1) is 5.10 Å². The number of carbonyl (C=O) groups is 1. The van der Waals surface area contributed by atoms with E-state index in [1.165, 1.54) is 0 Å². The van der Waals surface area contributed by atoms with Crippen LogP contribution in [0.3, 0.4) is 0 Å². The zero-order valence-electron chi connectivity index (χ0n) is 7.49. The second-order valence-corrected chi connectivity index (χ2v) is 2.67. The summed E-state index contributed by atoms with van der Waals surface area (Å²) in [7, 11) is 1.06. The van der Waals surface area contributed by atoms with Crippen molar-refractivity contribution >= 4 is 11.9 Å². The number of hydrogen-bond acceptors (Lipinski definition) is 3. The van der Waals surface area contributed by atoms with Gasteiger partial charge in [-0.3, -0.25) is 4.90 Å². The van der Waals surface area contributed by atoms with Gasteiger partial charge in [-0.1, -0.05) is 0 Å². The van der Waals surface area contributed by atoms with E-state index in [0.29, 0.717) is 15.8 Å². The van der Waals surface area contributed by atoms with E-state index in [1.54, 1.807) is 0 Å². The zero-order chi connectivity index (χ0) is 11.8. The molecule has 0 aliphatic heterocycles. The van der Waals surface area contributed by atoms with Gasteiger partial charge in [0.05, 0.1) is 0 Å². The van der Waals surface area contributed by atoms with Crippen molar-refractivity contribution in [1.29, 1.82) is 0 Å². The van der Waals surface area contributed by atoms with Crippen molar-refractivity contribution in [3.63, 3.8) is 0 Å². The van der Waals surface area contributed by atoms with Crippen LogP contribution in [-0.4, -0.2) is 28.1 Å². The fraction of sp³-hybridized carbons (Fsp3) is 0.333. The summed E-state index contributed by atoms with van der Waals surface area (Å²) in [6, 6.07) is 0.550. The molecule has 3 N–H and O–H groups in total. The van der Waals surface area contributed by atoms with Crippen LogP contribution in [0.25, 0.3) is 0 Å². The van der Waals surface area contributed by atoms with Crippen molar-refractivity contribution in [1.82, 2.24) is 9.89 Å². The smallest absolute Gasteiger partial charge is 0.435 e. The van der Waals surface area contributed by atoms with Crippen molar-refractivity contribution in [2.45, 2.75) is 6.18 Å². The van der Waals surface area contributed by atoms with Crippen LogP contribution in [0.15, 0.2) is 6.07 Å². The van der Waals surface area contributed by atoms with E-state index in [0.717, 1.165) is 7.05 Å². The lowest BCUT2D eigenvalue weighted by atomic mass is 10.4. The number of carboxylic acid groups (broad SMARTS) is 1. The Balaban J connectivity index is 3.12. The highest BCUT2D eigenvalue weighted by Gasteiger charge is 2.35. The lowest BCUT2D eigenvalue weighted by Gasteiger charge is -2.11. The van der Waals surface area contributed by atoms with Crippen LogP contribution < -0.4 is 10.7 Å². The molecule has 0 aliphatic rings. The van der Waals surface area contributed by atoms with Crippen molar-refractivity contribution in [2.75, 3.05) is 17.8 Å². The van der Waals surface area contributed by atoms with Gasteiger partial charge >= 0.3 is 12.3 Å². The molecule has 0 saturated carbocycles. The Morgan fingerprint density at radius 3 is 2.53 bits per heavy atom. The molecule has 84 valence electrons. The Morgan fingerprint density at radius 2 is 2.20 bits per heavy atom.